The molecule has 0 bridgehead atoms. The van der Waals surface area contributed by atoms with Crippen molar-refractivity contribution in [2.24, 2.45) is 5.90 Å². The number of halogens is 1. The van der Waals surface area contributed by atoms with Gasteiger partial charge < -0.3 is 9.57 Å². The molecule has 0 aliphatic heterocycles. The summed E-state index contributed by atoms with van der Waals surface area (Å²) in [6.45, 7) is 4.65. The summed E-state index contributed by atoms with van der Waals surface area (Å²) in [4.78, 5) is 4.55. The Balaban J connectivity index is 3.06. The fraction of sp³-hybridized carbons (Fsp3) is 0.500. The summed E-state index contributed by atoms with van der Waals surface area (Å²) in [7, 11) is 1.65. The maximum atomic E-state index is 6.24. The van der Waals surface area contributed by atoms with Gasteiger partial charge in [0.2, 0.25) is 0 Å². The smallest absolute Gasteiger partial charge is 0.124 e. The molecule has 1 aromatic carbocycles. The van der Waals surface area contributed by atoms with E-state index in [2.05, 4.69) is 18.7 Å². The van der Waals surface area contributed by atoms with Crippen molar-refractivity contribution >= 4 is 11.6 Å². The third-order valence-electron chi connectivity index (χ3n) is 2.46. The lowest BCUT2D eigenvalue weighted by atomic mass is 9.99. The van der Waals surface area contributed by atoms with Crippen molar-refractivity contribution < 1.29 is 9.57 Å². The summed E-state index contributed by atoms with van der Waals surface area (Å²) in [5.74, 6) is 6.16. The summed E-state index contributed by atoms with van der Waals surface area (Å²) < 4.78 is 5.35. The van der Waals surface area contributed by atoms with E-state index in [1.54, 1.807) is 7.11 Å². The molecule has 0 atom stereocenters. The molecule has 3 nitrogen and oxygen atoms in total. The standard InChI is InChI=1S/C12H18ClNO2/c1-8(2)12-10(13)6-9(4-5-16-14)7-11(12)15-3/h6-8H,4-5,14H2,1-3H3. The van der Waals surface area contributed by atoms with Crippen LogP contribution in [0.15, 0.2) is 12.1 Å². The van der Waals surface area contributed by atoms with Gasteiger partial charge in [-0.05, 0) is 30.0 Å². The van der Waals surface area contributed by atoms with Crippen LogP contribution in [0.4, 0.5) is 0 Å². The van der Waals surface area contributed by atoms with Crippen LogP contribution < -0.4 is 10.6 Å². The molecule has 0 fully saturated rings. The summed E-state index contributed by atoms with van der Waals surface area (Å²) in [5.41, 5.74) is 2.11. The lowest BCUT2D eigenvalue weighted by Gasteiger charge is -2.15. The second kappa shape index (κ2) is 6.09. The third kappa shape index (κ3) is 3.11. The summed E-state index contributed by atoms with van der Waals surface area (Å²) in [5, 5.41) is 0.737. The van der Waals surface area contributed by atoms with Crippen molar-refractivity contribution in [2.75, 3.05) is 13.7 Å². The molecule has 2 N–H and O–H groups in total. The number of nitrogens with two attached hydrogens (primary N) is 1. The second-order valence-corrected chi connectivity index (χ2v) is 4.38. The number of rotatable bonds is 5. The summed E-state index contributed by atoms with van der Waals surface area (Å²) in [6, 6.07) is 3.93. The Morgan fingerprint density at radius 1 is 1.38 bits per heavy atom. The number of hydrogen-bond acceptors (Lipinski definition) is 3. The van der Waals surface area contributed by atoms with Crippen molar-refractivity contribution in [1.29, 1.82) is 0 Å². The quantitative estimate of drug-likeness (QED) is 0.809. The molecule has 0 saturated carbocycles. The topological polar surface area (TPSA) is 44.5 Å². The first-order chi connectivity index (χ1) is 7.60. The minimum Gasteiger partial charge on any atom is -0.496 e. The van der Waals surface area contributed by atoms with Gasteiger partial charge in [-0.15, -0.1) is 0 Å². The average molecular weight is 244 g/mol. The minimum atomic E-state index is 0.335. The molecule has 0 unspecified atom stereocenters. The first-order valence-electron chi connectivity index (χ1n) is 5.28. The van der Waals surface area contributed by atoms with Crippen LogP contribution in [-0.2, 0) is 11.3 Å². The number of ether oxygens (including phenoxy) is 1. The van der Waals surface area contributed by atoms with Crippen LogP contribution in [0.3, 0.4) is 0 Å². The van der Waals surface area contributed by atoms with Gasteiger partial charge in [-0.2, -0.15) is 0 Å². The van der Waals surface area contributed by atoms with E-state index in [9.17, 15) is 0 Å². The van der Waals surface area contributed by atoms with Crippen LogP contribution in [-0.4, -0.2) is 13.7 Å². The molecule has 16 heavy (non-hydrogen) atoms. The van der Waals surface area contributed by atoms with Crippen LogP contribution in [0.2, 0.25) is 5.02 Å². The van der Waals surface area contributed by atoms with E-state index in [1.165, 1.54) is 0 Å². The van der Waals surface area contributed by atoms with Crippen molar-refractivity contribution in [3.05, 3.63) is 28.3 Å². The van der Waals surface area contributed by atoms with Gasteiger partial charge in [-0.1, -0.05) is 25.4 Å². The fourth-order valence-electron chi connectivity index (χ4n) is 1.70. The van der Waals surface area contributed by atoms with Gasteiger partial charge in [0, 0.05) is 10.6 Å². The zero-order valence-electron chi connectivity index (χ0n) is 9.92. The average Bonchev–Trinajstić information content (AvgIpc) is 2.24. The van der Waals surface area contributed by atoms with E-state index in [0.717, 1.165) is 28.3 Å². The Kier molecular flexibility index (Phi) is 5.06. The van der Waals surface area contributed by atoms with Gasteiger partial charge in [-0.25, -0.2) is 5.90 Å². The van der Waals surface area contributed by atoms with E-state index in [4.69, 9.17) is 22.2 Å². The van der Waals surface area contributed by atoms with Gasteiger partial charge in [0.25, 0.3) is 0 Å². The predicted molar refractivity (Wildman–Crippen MR) is 65.9 cm³/mol. The normalized spacial score (nSPS) is 10.9. The highest BCUT2D eigenvalue weighted by atomic mass is 35.5. The van der Waals surface area contributed by atoms with Crippen LogP contribution in [0.25, 0.3) is 0 Å². The maximum absolute atomic E-state index is 6.24. The summed E-state index contributed by atoms with van der Waals surface area (Å²) in [6.07, 6.45) is 0.727. The molecule has 4 heteroatoms. The molecule has 0 saturated heterocycles. The van der Waals surface area contributed by atoms with Gasteiger partial charge in [0.15, 0.2) is 0 Å². The zero-order chi connectivity index (χ0) is 12.1. The third-order valence-corrected chi connectivity index (χ3v) is 2.77. The Hall–Kier alpha value is -0.770. The van der Waals surface area contributed by atoms with Crippen LogP contribution >= 0.6 is 11.6 Å². The number of benzene rings is 1. The highest BCUT2D eigenvalue weighted by Gasteiger charge is 2.13. The Bertz CT molecular complexity index is 353. The van der Waals surface area contributed by atoms with Gasteiger partial charge in [0.05, 0.1) is 13.7 Å². The molecule has 0 heterocycles. The zero-order valence-corrected chi connectivity index (χ0v) is 10.7. The highest BCUT2D eigenvalue weighted by Crippen LogP contribution is 2.34. The van der Waals surface area contributed by atoms with E-state index in [-0.39, 0.29) is 0 Å². The molecule has 0 aliphatic rings. The first-order valence-corrected chi connectivity index (χ1v) is 5.66. The van der Waals surface area contributed by atoms with Crippen molar-refractivity contribution in [2.45, 2.75) is 26.2 Å². The molecular weight excluding hydrogens is 226 g/mol. The molecule has 0 radical (unpaired) electrons. The lowest BCUT2D eigenvalue weighted by Crippen LogP contribution is -2.05. The second-order valence-electron chi connectivity index (χ2n) is 3.97. The van der Waals surface area contributed by atoms with Gasteiger partial charge >= 0.3 is 0 Å². The van der Waals surface area contributed by atoms with Crippen molar-refractivity contribution in [3.8, 4) is 5.75 Å². The Morgan fingerprint density at radius 2 is 2.06 bits per heavy atom. The largest absolute Gasteiger partial charge is 0.496 e. The molecule has 1 rings (SSSR count). The van der Waals surface area contributed by atoms with Crippen molar-refractivity contribution in [1.82, 2.24) is 0 Å². The van der Waals surface area contributed by atoms with E-state index < -0.39 is 0 Å². The van der Waals surface area contributed by atoms with Crippen LogP contribution in [0.1, 0.15) is 30.9 Å². The molecule has 0 spiro atoms. The van der Waals surface area contributed by atoms with E-state index >= 15 is 0 Å². The SMILES string of the molecule is COc1cc(CCON)cc(Cl)c1C(C)C. The molecule has 90 valence electrons. The van der Waals surface area contributed by atoms with E-state index in [0.29, 0.717) is 12.5 Å². The molecular formula is C12H18ClNO2. The number of hydrogen-bond donors (Lipinski definition) is 1. The summed E-state index contributed by atoms with van der Waals surface area (Å²) >= 11 is 6.24. The van der Waals surface area contributed by atoms with Crippen LogP contribution in [0.5, 0.6) is 5.75 Å². The van der Waals surface area contributed by atoms with Crippen molar-refractivity contribution in [3.63, 3.8) is 0 Å². The molecule has 1 aromatic rings. The Morgan fingerprint density at radius 3 is 2.56 bits per heavy atom. The van der Waals surface area contributed by atoms with Gasteiger partial charge in [0.1, 0.15) is 5.75 Å². The maximum Gasteiger partial charge on any atom is 0.124 e. The minimum absolute atomic E-state index is 0.335. The molecule has 0 amide bonds. The van der Waals surface area contributed by atoms with Crippen LogP contribution in [0, 0.1) is 0 Å². The fourth-order valence-corrected chi connectivity index (χ4v) is 2.15. The van der Waals surface area contributed by atoms with E-state index in [1.807, 2.05) is 12.1 Å². The Labute approximate surface area is 101 Å². The number of methoxy groups -OCH3 is 1. The predicted octanol–water partition coefficient (Wildman–Crippen LogP) is 2.90. The highest BCUT2D eigenvalue weighted by molar-refractivity contribution is 6.31. The van der Waals surface area contributed by atoms with Gasteiger partial charge in [-0.3, -0.25) is 0 Å². The lowest BCUT2D eigenvalue weighted by molar-refractivity contribution is 0.141. The monoisotopic (exact) mass is 243 g/mol. The molecule has 0 aromatic heterocycles. The first kappa shape index (κ1) is 13.3. The molecule has 0 aliphatic carbocycles.